The van der Waals surface area contributed by atoms with Crippen molar-refractivity contribution in [3.8, 4) is 5.75 Å². The van der Waals surface area contributed by atoms with Crippen LogP contribution in [0.5, 0.6) is 5.75 Å². The molecule has 1 fully saturated rings. The van der Waals surface area contributed by atoms with Gasteiger partial charge >= 0.3 is 5.97 Å². The second kappa shape index (κ2) is 5.87. The Kier molecular flexibility index (Phi) is 4.20. The van der Waals surface area contributed by atoms with Crippen molar-refractivity contribution in [3.63, 3.8) is 0 Å². The fourth-order valence-electron chi connectivity index (χ4n) is 1.88. The van der Waals surface area contributed by atoms with E-state index in [1.807, 2.05) is 31.2 Å². The van der Waals surface area contributed by atoms with Gasteiger partial charge in [-0.3, -0.25) is 0 Å². The Bertz CT molecular complexity index is 400. The monoisotopic (exact) mass is 249 g/mol. The summed E-state index contributed by atoms with van der Waals surface area (Å²) < 4.78 is 10.4. The summed E-state index contributed by atoms with van der Waals surface area (Å²) in [7, 11) is 0. The minimum atomic E-state index is -0.445. The summed E-state index contributed by atoms with van der Waals surface area (Å²) in [6.07, 6.45) is 2.11. The molecule has 0 bridgehead atoms. The van der Waals surface area contributed by atoms with E-state index in [0.29, 0.717) is 18.8 Å². The first kappa shape index (κ1) is 12.9. The maximum Gasteiger partial charge on any atom is 0.347 e. The largest absolute Gasteiger partial charge is 0.479 e. The lowest BCUT2D eigenvalue weighted by atomic mass is 10.1. The van der Waals surface area contributed by atoms with E-state index >= 15 is 0 Å². The summed E-state index contributed by atoms with van der Waals surface area (Å²) >= 11 is 0. The van der Waals surface area contributed by atoms with Crippen molar-refractivity contribution < 1.29 is 14.3 Å². The van der Waals surface area contributed by atoms with Crippen LogP contribution in [0.4, 0.5) is 0 Å². The third-order valence-corrected chi connectivity index (χ3v) is 2.98. The van der Waals surface area contributed by atoms with E-state index < -0.39 is 6.10 Å². The van der Waals surface area contributed by atoms with Crippen LogP contribution >= 0.6 is 0 Å². The summed E-state index contributed by atoms with van der Waals surface area (Å²) in [5.74, 6) is 0.444. The van der Waals surface area contributed by atoms with Crippen LogP contribution in [0.2, 0.25) is 0 Å². The van der Waals surface area contributed by atoms with Crippen molar-refractivity contribution in [2.75, 3.05) is 6.61 Å². The minimum absolute atomic E-state index is 0.217. The van der Waals surface area contributed by atoms with Crippen molar-refractivity contribution in [3.05, 3.63) is 29.8 Å². The number of carbonyl (C=O) groups excluding carboxylic acids is 1. The molecule has 0 aliphatic carbocycles. The van der Waals surface area contributed by atoms with Crippen LogP contribution in [-0.4, -0.2) is 24.7 Å². The Morgan fingerprint density at radius 2 is 2.17 bits per heavy atom. The minimum Gasteiger partial charge on any atom is -0.479 e. The zero-order chi connectivity index (χ0) is 13.0. The Morgan fingerprint density at radius 3 is 2.72 bits per heavy atom. The molecular weight excluding hydrogens is 230 g/mol. The van der Waals surface area contributed by atoms with E-state index in [1.54, 1.807) is 0 Å². The van der Waals surface area contributed by atoms with E-state index in [2.05, 4.69) is 0 Å². The van der Waals surface area contributed by atoms with Gasteiger partial charge in [0.15, 0.2) is 6.10 Å². The molecule has 0 spiro atoms. The van der Waals surface area contributed by atoms with Gasteiger partial charge in [0.1, 0.15) is 5.75 Å². The molecule has 1 aromatic carbocycles. The molecule has 0 amide bonds. The van der Waals surface area contributed by atoms with E-state index in [1.165, 1.54) is 5.56 Å². The number of cyclic esters (lactones) is 1. The summed E-state index contributed by atoms with van der Waals surface area (Å²) in [4.78, 5) is 11.3. The smallest absolute Gasteiger partial charge is 0.347 e. The van der Waals surface area contributed by atoms with Gasteiger partial charge in [0.05, 0.1) is 6.61 Å². The van der Waals surface area contributed by atoms with Crippen LogP contribution < -0.4 is 10.5 Å². The highest BCUT2D eigenvalue weighted by Crippen LogP contribution is 2.19. The van der Waals surface area contributed by atoms with Crippen LogP contribution in [-0.2, 0) is 16.0 Å². The first-order valence-corrected chi connectivity index (χ1v) is 6.33. The number of ether oxygens (including phenoxy) is 2. The van der Waals surface area contributed by atoms with E-state index in [-0.39, 0.29) is 12.0 Å². The maximum atomic E-state index is 11.3. The van der Waals surface area contributed by atoms with Crippen LogP contribution in [0.3, 0.4) is 0 Å². The second-order valence-corrected chi connectivity index (χ2v) is 4.72. The molecule has 2 unspecified atom stereocenters. The number of esters is 1. The molecule has 1 aliphatic heterocycles. The quantitative estimate of drug-likeness (QED) is 0.806. The third-order valence-electron chi connectivity index (χ3n) is 2.98. The van der Waals surface area contributed by atoms with Gasteiger partial charge in [-0.25, -0.2) is 4.79 Å². The summed E-state index contributed by atoms with van der Waals surface area (Å²) in [6.45, 7) is 2.46. The first-order chi connectivity index (χ1) is 8.65. The molecule has 4 heteroatoms. The molecule has 2 rings (SSSR count). The molecule has 1 saturated heterocycles. The molecule has 0 saturated carbocycles. The van der Waals surface area contributed by atoms with Gasteiger partial charge in [-0.15, -0.1) is 0 Å². The normalized spacial score (nSPS) is 20.6. The van der Waals surface area contributed by atoms with Gasteiger partial charge < -0.3 is 15.2 Å². The highest BCUT2D eigenvalue weighted by atomic mass is 16.6. The fraction of sp³-hybridized carbons (Fsp3) is 0.500. The molecule has 2 N–H and O–H groups in total. The number of benzene rings is 1. The number of nitrogens with two attached hydrogens (primary N) is 1. The SMILES string of the molecule is CC(N)CCc1ccc(OC2CCOC2=O)cc1. The lowest BCUT2D eigenvalue weighted by Gasteiger charge is -2.10. The van der Waals surface area contributed by atoms with Gasteiger partial charge in [0.2, 0.25) is 0 Å². The Hall–Kier alpha value is -1.55. The van der Waals surface area contributed by atoms with Crippen LogP contribution in [0.25, 0.3) is 0 Å². The Morgan fingerprint density at radius 1 is 1.44 bits per heavy atom. The summed E-state index contributed by atoms with van der Waals surface area (Å²) in [5, 5.41) is 0. The molecule has 18 heavy (non-hydrogen) atoms. The Labute approximate surface area is 107 Å². The predicted molar refractivity (Wildman–Crippen MR) is 68.4 cm³/mol. The van der Waals surface area contributed by atoms with E-state index in [9.17, 15) is 4.79 Å². The number of rotatable bonds is 5. The van der Waals surface area contributed by atoms with Crippen molar-refractivity contribution in [2.24, 2.45) is 5.73 Å². The molecule has 2 atom stereocenters. The Balaban J connectivity index is 1.89. The van der Waals surface area contributed by atoms with Gasteiger partial charge in [0, 0.05) is 12.5 Å². The first-order valence-electron chi connectivity index (χ1n) is 6.33. The van der Waals surface area contributed by atoms with Crippen molar-refractivity contribution >= 4 is 5.97 Å². The summed E-state index contributed by atoms with van der Waals surface area (Å²) in [5.41, 5.74) is 6.95. The highest BCUT2D eigenvalue weighted by Gasteiger charge is 2.28. The number of carbonyl (C=O) groups is 1. The van der Waals surface area contributed by atoms with E-state index in [0.717, 1.165) is 12.8 Å². The van der Waals surface area contributed by atoms with Gasteiger partial charge in [-0.2, -0.15) is 0 Å². The lowest BCUT2D eigenvalue weighted by Crippen LogP contribution is -2.21. The van der Waals surface area contributed by atoms with Crippen molar-refractivity contribution in [1.82, 2.24) is 0 Å². The standard InChI is InChI=1S/C14H19NO3/c1-10(15)2-3-11-4-6-12(7-5-11)18-13-8-9-17-14(13)16/h4-7,10,13H,2-3,8-9,15H2,1H3. The van der Waals surface area contributed by atoms with E-state index in [4.69, 9.17) is 15.2 Å². The van der Waals surface area contributed by atoms with Crippen LogP contribution in [0.15, 0.2) is 24.3 Å². The predicted octanol–water partition coefficient (Wildman–Crippen LogP) is 1.66. The average Bonchev–Trinajstić information content (AvgIpc) is 2.74. The van der Waals surface area contributed by atoms with Crippen molar-refractivity contribution in [2.45, 2.75) is 38.3 Å². The highest BCUT2D eigenvalue weighted by molar-refractivity contribution is 5.76. The van der Waals surface area contributed by atoms with Gasteiger partial charge in [0.25, 0.3) is 0 Å². The van der Waals surface area contributed by atoms with Gasteiger partial charge in [-0.1, -0.05) is 12.1 Å². The molecule has 1 aromatic rings. The summed E-state index contributed by atoms with van der Waals surface area (Å²) in [6, 6.07) is 8.02. The molecule has 1 heterocycles. The van der Waals surface area contributed by atoms with Crippen LogP contribution in [0, 0.1) is 0 Å². The number of hydrogen-bond acceptors (Lipinski definition) is 4. The van der Waals surface area contributed by atoms with Crippen molar-refractivity contribution in [1.29, 1.82) is 0 Å². The third kappa shape index (κ3) is 3.47. The lowest BCUT2D eigenvalue weighted by molar-refractivity contribution is -0.143. The number of hydrogen-bond donors (Lipinski definition) is 1. The average molecular weight is 249 g/mol. The van der Waals surface area contributed by atoms with Crippen LogP contribution in [0.1, 0.15) is 25.3 Å². The van der Waals surface area contributed by atoms with Gasteiger partial charge in [-0.05, 0) is 37.5 Å². The zero-order valence-corrected chi connectivity index (χ0v) is 10.6. The molecule has 1 aliphatic rings. The maximum absolute atomic E-state index is 11.3. The molecular formula is C14H19NO3. The molecule has 0 aromatic heterocycles. The molecule has 98 valence electrons. The second-order valence-electron chi connectivity index (χ2n) is 4.72. The number of aryl methyl sites for hydroxylation is 1. The fourth-order valence-corrected chi connectivity index (χ4v) is 1.88. The topological polar surface area (TPSA) is 61.6 Å². The zero-order valence-electron chi connectivity index (χ0n) is 10.6. The molecule has 4 nitrogen and oxygen atoms in total. The molecule has 0 radical (unpaired) electrons.